The molecule has 0 atom stereocenters. The van der Waals surface area contributed by atoms with E-state index in [4.69, 9.17) is 9.84 Å². The van der Waals surface area contributed by atoms with Gasteiger partial charge in [-0.3, -0.25) is 9.69 Å². The molecule has 34 heavy (non-hydrogen) atoms. The molecule has 0 heterocycles. The highest BCUT2D eigenvalue weighted by atomic mass is 16.5. The molecule has 3 N–H and O–H groups in total. The number of benzene rings is 3. The van der Waals surface area contributed by atoms with Crippen LogP contribution in [0.4, 0.5) is 5.69 Å². The van der Waals surface area contributed by atoms with Crippen molar-refractivity contribution in [3.8, 4) is 17.2 Å². The van der Waals surface area contributed by atoms with Crippen LogP contribution in [0.5, 0.6) is 17.2 Å². The molecule has 0 fully saturated rings. The monoisotopic (exact) mass is 462 g/mol. The van der Waals surface area contributed by atoms with E-state index < -0.39 is 11.9 Å². The molecule has 0 aliphatic heterocycles. The lowest BCUT2D eigenvalue weighted by Gasteiger charge is -2.27. The van der Waals surface area contributed by atoms with E-state index in [9.17, 15) is 14.7 Å². The van der Waals surface area contributed by atoms with Crippen molar-refractivity contribution in [3.05, 3.63) is 82.9 Å². The molecule has 7 heteroatoms. The van der Waals surface area contributed by atoms with E-state index in [0.29, 0.717) is 23.7 Å². The molecule has 3 rings (SSSR count). The van der Waals surface area contributed by atoms with Crippen molar-refractivity contribution in [1.29, 1.82) is 0 Å². The Morgan fingerprint density at radius 2 is 1.62 bits per heavy atom. The van der Waals surface area contributed by atoms with Crippen LogP contribution in [0, 0.1) is 13.8 Å². The maximum absolute atomic E-state index is 11.5. The van der Waals surface area contributed by atoms with Crippen molar-refractivity contribution in [2.75, 3.05) is 5.32 Å². The summed E-state index contributed by atoms with van der Waals surface area (Å²) in [4.78, 5) is 24.5. The summed E-state index contributed by atoms with van der Waals surface area (Å²) < 4.78 is 6.14. The number of carbonyl (C=O) groups is 2. The minimum atomic E-state index is -1.55. The molecule has 3 aromatic rings. The standard InChI is InChI=1S/C27H30N2O5/c1-17(2)29(15-20-8-6-5-7-9-20)16-21-14-23(10-11-24(21)30)34-25-18(3)12-22(13-19(25)4)28-26(31)27(32)33/h5-14,17,30H,15-16H2,1-4H3,(H,28,31)(H,32,33). The van der Waals surface area contributed by atoms with Gasteiger partial charge in [0.2, 0.25) is 0 Å². The van der Waals surface area contributed by atoms with Crippen molar-refractivity contribution in [2.45, 2.75) is 46.8 Å². The fraction of sp³-hybridized carbons (Fsp3) is 0.259. The van der Waals surface area contributed by atoms with Crippen LogP contribution in [0.1, 0.15) is 36.1 Å². The van der Waals surface area contributed by atoms with Crippen molar-refractivity contribution >= 4 is 17.6 Å². The molecule has 0 saturated carbocycles. The second-order valence-corrected chi connectivity index (χ2v) is 8.58. The van der Waals surface area contributed by atoms with E-state index in [1.165, 1.54) is 5.56 Å². The molecule has 1 amide bonds. The summed E-state index contributed by atoms with van der Waals surface area (Å²) in [6.07, 6.45) is 0. The number of anilines is 1. The Labute approximate surface area is 199 Å². The number of carboxylic acid groups (broad SMARTS) is 1. The maximum atomic E-state index is 11.5. The van der Waals surface area contributed by atoms with E-state index >= 15 is 0 Å². The first-order valence-corrected chi connectivity index (χ1v) is 11.1. The van der Waals surface area contributed by atoms with Gasteiger partial charge in [0, 0.05) is 30.4 Å². The fourth-order valence-electron chi connectivity index (χ4n) is 3.70. The highest BCUT2D eigenvalue weighted by molar-refractivity contribution is 6.36. The topological polar surface area (TPSA) is 99.1 Å². The summed E-state index contributed by atoms with van der Waals surface area (Å²) in [5, 5.41) is 21.7. The molecule has 0 radical (unpaired) electrons. The number of hydrogen-bond acceptors (Lipinski definition) is 5. The summed E-state index contributed by atoms with van der Waals surface area (Å²) in [7, 11) is 0. The molecule has 0 aliphatic rings. The van der Waals surface area contributed by atoms with Gasteiger partial charge in [-0.15, -0.1) is 0 Å². The lowest BCUT2D eigenvalue weighted by Crippen LogP contribution is -2.29. The van der Waals surface area contributed by atoms with Crippen LogP contribution in [0.2, 0.25) is 0 Å². The van der Waals surface area contributed by atoms with Crippen LogP contribution in [0.3, 0.4) is 0 Å². The predicted octanol–water partition coefficient (Wildman–Crippen LogP) is 5.24. The van der Waals surface area contributed by atoms with Gasteiger partial charge in [0.25, 0.3) is 0 Å². The zero-order chi connectivity index (χ0) is 24.8. The summed E-state index contributed by atoms with van der Waals surface area (Å²) in [6, 6.07) is 18.9. The Bertz CT molecular complexity index is 1150. The van der Waals surface area contributed by atoms with Gasteiger partial charge in [0.05, 0.1) is 0 Å². The third-order valence-corrected chi connectivity index (χ3v) is 5.52. The number of rotatable bonds is 8. The molecule has 178 valence electrons. The third kappa shape index (κ3) is 6.36. The summed E-state index contributed by atoms with van der Waals surface area (Å²) in [5.41, 5.74) is 3.81. The van der Waals surface area contributed by atoms with Crippen LogP contribution in [0.25, 0.3) is 0 Å². The number of hydrogen-bond donors (Lipinski definition) is 3. The molecule has 0 unspecified atom stereocenters. The fourth-order valence-corrected chi connectivity index (χ4v) is 3.70. The van der Waals surface area contributed by atoms with Gasteiger partial charge in [0.1, 0.15) is 17.2 Å². The van der Waals surface area contributed by atoms with Gasteiger partial charge in [-0.25, -0.2) is 4.79 Å². The van der Waals surface area contributed by atoms with E-state index in [0.717, 1.165) is 23.2 Å². The van der Waals surface area contributed by atoms with Crippen LogP contribution < -0.4 is 10.1 Å². The zero-order valence-corrected chi connectivity index (χ0v) is 19.8. The van der Waals surface area contributed by atoms with Crippen molar-refractivity contribution in [2.24, 2.45) is 0 Å². The minimum Gasteiger partial charge on any atom is -0.508 e. The average Bonchev–Trinajstić information content (AvgIpc) is 2.78. The minimum absolute atomic E-state index is 0.200. The first kappa shape index (κ1) is 24.8. The van der Waals surface area contributed by atoms with Crippen LogP contribution >= 0.6 is 0 Å². The Kier molecular flexibility index (Phi) is 7.91. The van der Waals surface area contributed by atoms with Gasteiger partial charge >= 0.3 is 11.9 Å². The lowest BCUT2D eigenvalue weighted by molar-refractivity contribution is -0.147. The number of aromatic hydroxyl groups is 1. The smallest absolute Gasteiger partial charge is 0.394 e. The van der Waals surface area contributed by atoms with Gasteiger partial charge in [-0.1, -0.05) is 30.3 Å². The first-order chi connectivity index (χ1) is 16.1. The normalized spacial score (nSPS) is 11.0. The SMILES string of the molecule is Cc1cc(NC(=O)C(=O)O)cc(C)c1Oc1ccc(O)c(CN(Cc2ccccc2)C(C)C)c1. The van der Waals surface area contributed by atoms with E-state index in [-0.39, 0.29) is 11.8 Å². The number of nitrogens with one attached hydrogen (secondary N) is 1. The number of aryl methyl sites for hydroxylation is 2. The number of aliphatic carboxylic acids is 1. The molecule has 7 nitrogen and oxygen atoms in total. The Balaban J connectivity index is 1.80. The Hall–Kier alpha value is -3.84. The predicted molar refractivity (Wildman–Crippen MR) is 131 cm³/mol. The van der Waals surface area contributed by atoms with Crippen molar-refractivity contribution in [1.82, 2.24) is 4.90 Å². The summed E-state index contributed by atoms with van der Waals surface area (Å²) >= 11 is 0. The number of phenols is 1. The first-order valence-electron chi connectivity index (χ1n) is 11.1. The highest BCUT2D eigenvalue weighted by Crippen LogP contribution is 2.34. The van der Waals surface area contributed by atoms with E-state index in [1.54, 1.807) is 24.3 Å². The van der Waals surface area contributed by atoms with Gasteiger partial charge in [-0.05, 0) is 74.7 Å². The molecular weight excluding hydrogens is 432 g/mol. The Morgan fingerprint density at radius 3 is 2.21 bits per heavy atom. The summed E-state index contributed by atoms with van der Waals surface area (Å²) in [6.45, 7) is 9.19. The number of nitrogens with zero attached hydrogens (tertiary/aromatic N) is 1. The second kappa shape index (κ2) is 10.9. The zero-order valence-electron chi connectivity index (χ0n) is 19.8. The van der Waals surface area contributed by atoms with Crippen molar-refractivity contribution < 1.29 is 24.5 Å². The lowest BCUT2D eigenvalue weighted by atomic mass is 10.1. The number of amides is 1. The largest absolute Gasteiger partial charge is 0.508 e. The molecule has 3 aromatic carbocycles. The average molecular weight is 463 g/mol. The number of carbonyl (C=O) groups excluding carboxylic acids is 1. The molecule has 0 spiro atoms. The molecule has 0 aromatic heterocycles. The third-order valence-electron chi connectivity index (χ3n) is 5.52. The van der Waals surface area contributed by atoms with E-state index in [2.05, 4.69) is 36.2 Å². The van der Waals surface area contributed by atoms with Crippen LogP contribution in [0.15, 0.2) is 60.7 Å². The highest BCUT2D eigenvalue weighted by Gasteiger charge is 2.16. The Morgan fingerprint density at radius 1 is 0.971 bits per heavy atom. The molecular formula is C27H30N2O5. The van der Waals surface area contributed by atoms with Gasteiger partial charge in [0.15, 0.2) is 0 Å². The molecule has 0 bridgehead atoms. The van der Waals surface area contributed by atoms with Gasteiger partial charge < -0.3 is 20.3 Å². The molecule has 0 aliphatic carbocycles. The maximum Gasteiger partial charge on any atom is 0.394 e. The van der Waals surface area contributed by atoms with Crippen molar-refractivity contribution in [3.63, 3.8) is 0 Å². The van der Waals surface area contributed by atoms with Crippen LogP contribution in [-0.2, 0) is 22.7 Å². The van der Waals surface area contributed by atoms with Gasteiger partial charge in [-0.2, -0.15) is 0 Å². The summed E-state index contributed by atoms with van der Waals surface area (Å²) in [5.74, 6) is -1.26. The quantitative estimate of drug-likeness (QED) is 0.396. The van der Waals surface area contributed by atoms with Crippen LogP contribution in [-0.4, -0.2) is 33.0 Å². The number of carboxylic acids is 1. The second-order valence-electron chi connectivity index (χ2n) is 8.58. The number of phenolic OH excluding ortho intramolecular Hbond substituents is 1. The van der Waals surface area contributed by atoms with E-state index in [1.807, 2.05) is 38.1 Å². The number of ether oxygens (including phenoxy) is 1. The molecule has 0 saturated heterocycles.